The number of carbonyl (C=O) groups excluding carboxylic acids is 1. The van der Waals surface area contributed by atoms with E-state index in [2.05, 4.69) is 0 Å². The van der Waals surface area contributed by atoms with E-state index >= 15 is 0 Å². The molecular weight excluding hydrogens is 210 g/mol. The van der Waals surface area contributed by atoms with Gasteiger partial charge in [-0.15, -0.1) is 0 Å². The third kappa shape index (κ3) is 2.31. The number of benzene rings is 1. The van der Waals surface area contributed by atoms with Crippen LogP contribution in [0, 0.1) is 0 Å². The molecule has 0 aromatic heterocycles. The third-order valence-electron chi connectivity index (χ3n) is 2.29. The largest absolute Gasteiger partial charge is 0.483 e. The second-order valence-electron chi connectivity index (χ2n) is 3.25. The molecule has 86 valence electrons. The maximum Gasteiger partial charge on any atom is 0.414 e. The summed E-state index contributed by atoms with van der Waals surface area (Å²) >= 11 is 0. The molecule has 16 heavy (non-hydrogen) atoms. The van der Waals surface area contributed by atoms with Gasteiger partial charge in [-0.1, -0.05) is 18.2 Å². The first-order valence-corrected chi connectivity index (χ1v) is 4.73. The van der Waals surface area contributed by atoms with Gasteiger partial charge in [0.1, 0.15) is 6.10 Å². The predicted octanol–water partition coefficient (Wildman–Crippen LogP) is 2.03. The zero-order chi connectivity index (χ0) is 12.1. The molecule has 1 aromatic rings. The fraction of sp³-hybridized carbons (Fsp3) is 0.273. The Labute approximate surface area is 93.2 Å². The van der Waals surface area contributed by atoms with Crippen molar-refractivity contribution in [2.24, 2.45) is 0 Å². The fourth-order valence-corrected chi connectivity index (χ4v) is 1.53. The van der Waals surface area contributed by atoms with Crippen molar-refractivity contribution < 1.29 is 19.4 Å². The summed E-state index contributed by atoms with van der Waals surface area (Å²) in [5.74, 6) is 0. The Bertz CT molecular complexity index is 391. The summed E-state index contributed by atoms with van der Waals surface area (Å²) < 4.78 is 5.11. The number of hydrogen-bond acceptors (Lipinski definition) is 3. The molecule has 1 aliphatic rings. The average molecular weight is 223 g/mol. The number of ether oxygens (including phenoxy) is 1. The van der Waals surface area contributed by atoms with Gasteiger partial charge in [-0.25, -0.2) is 4.79 Å². The van der Waals surface area contributed by atoms with Gasteiger partial charge in [0.25, 0.3) is 6.47 Å². The molecular formula is C11H13NO4. The highest BCUT2D eigenvalue weighted by Crippen LogP contribution is 2.32. The molecule has 0 fully saturated rings. The van der Waals surface area contributed by atoms with Crippen molar-refractivity contribution in [3.05, 3.63) is 29.8 Å². The smallest absolute Gasteiger partial charge is 0.414 e. The SMILES string of the molecule is CC1OC(=O)N(C)c2ccccc21.O=CO. The van der Waals surface area contributed by atoms with Crippen LogP contribution in [0.4, 0.5) is 10.5 Å². The van der Waals surface area contributed by atoms with E-state index in [1.165, 1.54) is 4.90 Å². The van der Waals surface area contributed by atoms with Crippen LogP contribution in [0.1, 0.15) is 18.6 Å². The van der Waals surface area contributed by atoms with Gasteiger partial charge in [0.05, 0.1) is 5.69 Å². The highest BCUT2D eigenvalue weighted by Gasteiger charge is 2.26. The summed E-state index contributed by atoms with van der Waals surface area (Å²) in [6, 6.07) is 7.76. The second kappa shape index (κ2) is 5.16. The molecule has 1 atom stereocenters. The van der Waals surface area contributed by atoms with E-state index in [0.717, 1.165) is 11.3 Å². The van der Waals surface area contributed by atoms with Crippen LogP contribution in [0.3, 0.4) is 0 Å². The molecule has 0 radical (unpaired) electrons. The van der Waals surface area contributed by atoms with Crippen molar-refractivity contribution in [2.45, 2.75) is 13.0 Å². The lowest BCUT2D eigenvalue weighted by Gasteiger charge is -2.29. The zero-order valence-electron chi connectivity index (χ0n) is 9.08. The summed E-state index contributed by atoms with van der Waals surface area (Å²) in [5, 5.41) is 6.89. The molecule has 1 unspecified atom stereocenters. The maximum absolute atomic E-state index is 11.3. The number of amides is 1. The van der Waals surface area contributed by atoms with E-state index in [9.17, 15) is 4.79 Å². The van der Waals surface area contributed by atoms with Gasteiger partial charge in [-0.2, -0.15) is 0 Å². The lowest BCUT2D eigenvalue weighted by molar-refractivity contribution is -0.122. The minimum absolute atomic E-state index is 0.139. The van der Waals surface area contributed by atoms with Crippen molar-refractivity contribution in [3.8, 4) is 0 Å². The van der Waals surface area contributed by atoms with E-state index in [1.54, 1.807) is 7.05 Å². The molecule has 0 saturated carbocycles. The second-order valence-corrected chi connectivity index (χ2v) is 3.25. The van der Waals surface area contributed by atoms with Gasteiger partial charge >= 0.3 is 6.09 Å². The highest BCUT2D eigenvalue weighted by molar-refractivity contribution is 5.90. The topological polar surface area (TPSA) is 66.8 Å². The van der Waals surface area contributed by atoms with E-state index in [-0.39, 0.29) is 18.7 Å². The summed E-state index contributed by atoms with van der Waals surface area (Å²) in [4.78, 5) is 21.2. The third-order valence-corrected chi connectivity index (χ3v) is 2.29. The monoisotopic (exact) mass is 223 g/mol. The molecule has 0 spiro atoms. The van der Waals surface area contributed by atoms with Crippen molar-refractivity contribution in [3.63, 3.8) is 0 Å². The predicted molar refractivity (Wildman–Crippen MR) is 58.4 cm³/mol. The Morgan fingerprint density at radius 2 is 2.00 bits per heavy atom. The number of nitrogens with zero attached hydrogens (tertiary/aromatic N) is 1. The molecule has 5 heteroatoms. The fourth-order valence-electron chi connectivity index (χ4n) is 1.53. The van der Waals surface area contributed by atoms with E-state index in [0.29, 0.717) is 0 Å². The van der Waals surface area contributed by atoms with Crippen LogP contribution in [0.25, 0.3) is 0 Å². The van der Waals surface area contributed by atoms with Gasteiger partial charge in [-0.05, 0) is 13.0 Å². The molecule has 1 aliphatic heterocycles. The molecule has 1 heterocycles. The number of cyclic esters (lactones) is 1. The summed E-state index contributed by atoms with van der Waals surface area (Å²) in [7, 11) is 1.72. The molecule has 0 bridgehead atoms. The number of para-hydroxylation sites is 1. The van der Waals surface area contributed by atoms with Crippen molar-refractivity contribution in [1.82, 2.24) is 0 Å². The van der Waals surface area contributed by atoms with Gasteiger partial charge in [0.15, 0.2) is 0 Å². The molecule has 0 saturated heterocycles. The van der Waals surface area contributed by atoms with Crippen molar-refractivity contribution in [1.29, 1.82) is 0 Å². The lowest BCUT2D eigenvalue weighted by Crippen LogP contribution is -2.33. The van der Waals surface area contributed by atoms with Crippen molar-refractivity contribution >= 4 is 18.3 Å². The molecule has 0 aliphatic carbocycles. The number of carbonyl (C=O) groups is 2. The highest BCUT2D eigenvalue weighted by atomic mass is 16.6. The first kappa shape index (κ1) is 12.0. The Hall–Kier alpha value is -2.04. The molecule has 1 N–H and O–H groups in total. The van der Waals surface area contributed by atoms with Crippen LogP contribution < -0.4 is 4.90 Å². The maximum atomic E-state index is 11.3. The number of hydrogen-bond donors (Lipinski definition) is 1. The summed E-state index contributed by atoms with van der Waals surface area (Å²) in [6.45, 7) is 1.63. The molecule has 1 aromatic carbocycles. The number of carboxylic acid groups (broad SMARTS) is 1. The summed E-state index contributed by atoms with van der Waals surface area (Å²) in [5.41, 5.74) is 2.00. The Morgan fingerprint density at radius 1 is 1.44 bits per heavy atom. The van der Waals surface area contributed by atoms with Crippen LogP contribution >= 0.6 is 0 Å². The van der Waals surface area contributed by atoms with E-state index in [1.807, 2.05) is 31.2 Å². The van der Waals surface area contributed by atoms with Crippen LogP contribution in [0.15, 0.2) is 24.3 Å². The summed E-state index contributed by atoms with van der Waals surface area (Å²) in [6.07, 6.45) is -0.425. The van der Waals surface area contributed by atoms with E-state index < -0.39 is 0 Å². The minimum Gasteiger partial charge on any atom is -0.483 e. The molecule has 5 nitrogen and oxygen atoms in total. The average Bonchev–Trinajstić information content (AvgIpc) is 2.27. The first-order chi connectivity index (χ1) is 7.61. The molecule has 1 amide bonds. The molecule has 2 rings (SSSR count). The minimum atomic E-state index is -0.286. The van der Waals surface area contributed by atoms with E-state index in [4.69, 9.17) is 14.6 Å². The van der Waals surface area contributed by atoms with Crippen molar-refractivity contribution in [2.75, 3.05) is 11.9 Å². The number of fused-ring (bicyclic) bond motifs is 1. The number of rotatable bonds is 0. The Kier molecular flexibility index (Phi) is 3.88. The number of anilines is 1. The van der Waals surface area contributed by atoms with Gasteiger partial charge in [0, 0.05) is 12.6 Å². The van der Waals surface area contributed by atoms with Crippen LogP contribution in [0.5, 0.6) is 0 Å². The van der Waals surface area contributed by atoms with Crippen LogP contribution in [-0.2, 0) is 9.53 Å². The standard InChI is InChI=1S/C10H11NO2.CH2O2/c1-7-8-5-3-4-6-9(8)11(2)10(12)13-7;2-1-3/h3-7H,1-2H3;1H,(H,2,3). The normalized spacial score (nSPS) is 17.8. The Balaban J connectivity index is 0.000000386. The zero-order valence-corrected chi connectivity index (χ0v) is 9.08. The lowest BCUT2D eigenvalue weighted by atomic mass is 10.1. The first-order valence-electron chi connectivity index (χ1n) is 4.73. The van der Waals surface area contributed by atoms with Gasteiger partial charge in [-0.3, -0.25) is 9.69 Å². The van der Waals surface area contributed by atoms with Gasteiger partial charge in [0.2, 0.25) is 0 Å². The van der Waals surface area contributed by atoms with Gasteiger partial charge < -0.3 is 9.84 Å². The quantitative estimate of drug-likeness (QED) is 0.683. The van der Waals surface area contributed by atoms with Crippen LogP contribution in [-0.4, -0.2) is 24.7 Å². The Morgan fingerprint density at radius 3 is 2.62 bits per heavy atom. The van der Waals surface area contributed by atoms with Crippen LogP contribution in [0.2, 0.25) is 0 Å².